The summed E-state index contributed by atoms with van der Waals surface area (Å²) >= 11 is 0. The number of ketones is 1. The molecule has 0 aliphatic rings. The lowest BCUT2D eigenvalue weighted by Crippen LogP contribution is -1.98. The van der Waals surface area contributed by atoms with Gasteiger partial charge in [0.2, 0.25) is 0 Å². The average molecular weight is 329 g/mol. The third kappa shape index (κ3) is 4.03. The number of carbonyl (C=O) groups excluding carboxylic acids is 1. The number of nitrogens with zero attached hydrogens (tertiary/aromatic N) is 1. The minimum absolute atomic E-state index is 0.0598. The van der Waals surface area contributed by atoms with Crippen molar-refractivity contribution in [3.8, 4) is 11.3 Å². The van der Waals surface area contributed by atoms with Crippen LogP contribution in [0, 0.1) is 5.41 Å². The molecule has 0 unspecified atom stereocenters. The van der Waals surface area contributed by atoms with E-state index in [1.165, 1.54) is 0 Å². The fourth-order valence-electron chi connectivity index (χ4n) is 2.73. The van der Waals surface area contributed by atoms with Crippen LogP contribution in [0.5, 0.6) is 0 Å². The summed E-state index contributed by atoms with van der Waals surface area (Å²) in [5.41, 5.74) is 4.73. The molecule has 3 rings (SSSR count). The molecule has 0 saturated heterocycles. The van der Waals surface area contributed by atoms with Crippen molar-refractivity contribution < 1.29 is 4.79 Å². The highest BCUT2D eigenvalue weighted by Gasteiger charge is 2.10. The van der Waals surface area contributed by atoms with Gasteiger partial charge in [-0.25, -0.2) is 4.98 Å². The van der Waals surface area contributed by atoms with E-state index >= 15 is 0 Å². The predicted molar refractivity (Wildman–Crippen MR) is 106 cm³/mol. The normalized spacial score (nSPS) is 12.0. The second-order valence-electron chi connectivity index (χ2n) is 7.45. The number of pyridine rings is 1. The molecule has 0 saturated carbocycles. The van der Waals surface area contributed by atoms with Gasteiger partial charge >= 0.3 is 0 Å². The lowest BCUT2D eigenvalue weighted by Gasteiger charge is -2.11. The van der Waals surface area contributed by atoms with Crippen LogP contribution in [0.25, 0.3) is 28.2 Å². The highest BCUT2D eigenvalue weighted by molar-refractivity contribution is 6.07. The number of Topliss-reactive ketones (excluding diaryl/α,β-unsaturated/α-hetero) is 1. The van der Waals surface area contributed by atoms with E-state index in [0.717, 1.165) is 33.3 Å². The monoisotopic (exact) mass is 329 g/mol. The molecule has 2 heteroatoms. The number of allylic oxidation sites excluding steroid dienone is 1. The van der Waals surface area contributed by atoms with Gasteiger partial charge in [-0.2, -0.15) is 0 Å². The molecule has 2 nitrogen and oxygen atoms in total. The van der Waals surface area contributed by atoms with Crippen LogP contribution in [0.4, 0.5) is 0 Å². The predicted octanol–water partition coefficient (Wildman–Crippen LogP) is 6.16. The molecule has 0 amide bonds. The minimum Gasteiger partial charge on any atom is -0.294 e. The van der Waals surface area contributed by atoms with Crippen LogP contribution in [-0.4, -0.2) is 10.8 Å². The second-order valence-corrected chi connectivity index (χ2v) is 7.45. The van der Waals surface area contributed by atoms with Gasteiger partial charge in [0.1, 0.15) is 0 Å². The minimum atomic E-state index is 0.0598. The molecule has 1 aromatic heterocycles. The molecule has 2 aromatic carbocycles. The summed E-state index contributed by atoms with van der Waals surface area (Å²) in [6, 6.07) is 18.0. The molecule has 25 heavy (non-hydrogen) atoms. The fourth-order valence-corrected chi connectivity index (χ4v) is 2.73. The first-order valence-electron chi connectivity index (χ1n) is 8.54. The van der Waals surface area contributed by atoms with Crippen LogP contribution in [0.3, 0.4) is 0 Å². The number of hydrogen-bond donors (Lipinski definition) is 0. The average Bonchev–Trinajstić information content (AvgIpc) is 2.58. The summed E-state index contributed by atoms with van der Waals surface area (Å²) < 4.78 is 0. The summed E-state index contributed by atoms with van der Waals surface area (Å²) in [4.78, 5) is 16.8. The highest BCUT2D eigenvalue weighted by atomic mass is 16.1. The van der Waals surface area contributed by atoms with Gasteiger partial charge in [-0.1, -0.05) is 75.4 Å². The largest absolute Gasteiger partial charge is 0.294 e. The molecular formula is C23H23NO. The number of fused-ring (bicyclic) bond motifs is 1. The maximum absolute atomic E-state index is 12.0. The molecule has 0 N–H and O–H groups in total. The molecule has 126 valence electrons. The van der Waals surface area contributed by atoms with E-state index in [4.69, 9.17) is 4.98 Å². The van der Waals surface area contributed by atoms with E-state index in [9.17, 15) is 4.79 Å². The number of hydrogen-bond acceptors (Lipinski definition) is 2. The van der Waals surface area contributed by atoms with Crippen LogP contribution >= 0.6 is 0 Å². The van der Waals surface area contributed by atoms with Crippen LogP contribution in [0.1, 0.15) is 43.6 Å². The number of benzene rings is 2. The van der Waals surface area contributed by atoms with Gasteiger partial charge in [0.05, 0.1) is 11.2 Å². The second kappa shape index (κ2) is 6.64. The fraction of sp³-hybridized carbons (Fsp3) is 0.217. The zero-order valence-electron chi connectivity index (χ0n) is 15.2. The van der Waals surface area contributed by atoms with Crippen molar-refractivity contribution >= 4 is 22.8 Å². The highest BCUT2D eigenvalue weighted by Crippen LogP contribution is 2.26. The van der Waals surface area contributed by atoms with Gasteiger partial charge in [-0.3, -0.25) is 4.79 Å². The van der Waals surface area contributed by atoms with E-state index < -0.39 is 0 Å². The van der Waals surface area contributed by atoms with Crippen LogP contribution in [0.15, 0.2) is 60.7 Å². The Balaban J connectivity index is 2.02. The molecule has 1 heterocycles. The maximum atomic E-state index is 12.0. The van der Waals surface area contributed by atoms with Gasteiger partial charge in [0.25, 0.3) is 0 Å². The third-order valence-electron chi connectivity index (χ3n) is 4.08. The Bertz CT molecular complexity index is 944. The Hall–Kier alpha value is -2.74. The molecule has 0 atom stereocenters. The summed E-state index contributed by atoms with van der Waals surface area (Å²) in [6.07, 6.45) is 4.34. The summed E-state index contributed by atoms with van der Waals surface area (Å²) in [5, 5.41) is 0.906. The van der Waals surface area contributed by atoms with Crippen molar-refractivity contribution in [2.75, 3.05) is 0 Å². The quantitative estimate of drug-likeness (QED) is 0.538. The van der Waals surface area contributed by atoms with Crippen molar-refractivity contribution in [2.24, 2.45) is 5.41 Å². The van der Waals surface area contributed by atoms with E-state index in [1.807, 2.05) is 30.3 Å². The Morgan fingerprint density at radius 2 is 1.68 bits per heavy atom. The Kier molecular flexibility index (Phi) is 4.54. The zero-order chi connectivity index (χ0) is 18.0. The zero-order valence-corrected chi connectivity index (χ0v) is 15.2. The number of carbonyl (C=O) groups is 1. The molecule has 0 fully saturated rings. The SMILES string of the molecule is CC(=O)c1cc(-c2ccc(/C=C/C(C)(C)C)cc2)nc2ccccc12. The number of aromatic nitrogens is 1. The standard InChI is InChI=1S/C23H23NO/c1-16(25)20-15-22(24-21-8-6-5-7-19(20)21)18-11-9-17(10-12-18)13-14-23(2,3)4/h5-15H,1-4H3/b14-13+. The Labute approximate surface area is 149 Å². The van der Waals surface area contributed by atoms with Gasteiger partial charge in [-0.15, -0.1) is 0 Å². The number of rotatable bonds is 3. The number of para-hydroxylation sites is 1. The van der Waals surface area contributed by atoms with Gasteiger partial charge in [-0.05, 0) is 30.0 Å². The summed E-state index contributed by atoms with van der Waals surface area (Å²) in [7, 11) is 0. The first-order valence-corrected chi connectivity index (χ1v) is 8.54. The molecule has 0 aliphatic heterocycles. The topological polar surface area (TPSA) is 30.0 Å². The van der Waals surface area contributed by atoms with Gasteiger partial charge in [0.15, 0.2) is 5.78 Å². The van der Waals surface area contributed by atoms with Crippen molar-refractivity contribution in [3.05, 3.63) is 71.8 Å². The smallest absolute Gasteiger partial charge is 0.160 e. The van der Waals surface area contributed by atoms with Gasteiger partial charge in [0, 0.05) is 16.5 Å². The van der Waals surface area contributed by atoms with Gasteiger partial charge < -0.3 is 0 Å². The molecular weight excluding hydrogens is 306 g/mol. The van der Waals surface area contributed by atoms with Crippen LogP contribution in [0.2, 0.25) is 0 Å². The maximum Gasteiger partial charge on any atom is 0.160 e. The Morgan fingerprint density at radius 3 is 2.32 bits per heavy atom. The molecule has 0 bridgehead atoms. The first kappa shape index (κ1) is 17.1. The lowest BCUT2D eigenvalue weighted by molar-refractivity contribution is 0.101. The first-order chi connectivity index (χ1) is 11.8. The molecule has 3 aromatic rings. The van der Waals surface area contributed by atoms with Crippen molar-refractivity contribution in [2.45, 2.75) is 27.7 Å². The molecule has 0 spiro atoms. The van der Waals surface area contributed by atoms with E-state index in [-0.39, 0.29) is 11.2 Å². The molecule has 0 radical (unpaired) electrons. The summed E-state index contributed by atoms with van der Waals surface area (Å²) in [5.74, 6) is 0.0598. The van der Waals surface area contributed by atoms with Crippen molar-refractivity contribution in [1.82, 2.24) is 4.98 Å². The van der Waals surface area contributed by atoms with E-state index in [2.05, 4.69) is 57.2 Å². The van der Waals surface area contributed by atoms with E-state index in [0.29, 0.717) is 0 Å². The van der Waals surface area contributed by atoms with Crippen molar-refractivity contribution in [3.63, 3.8) is 0 Å². The van der Waals surface area contributed by atoms with Crippen LogP contribution < -0.4 is 0 Å². The van der Waals surface area contributed by atoms with Crippen molar-refractivity contribution in [1.29, 1.82) is 0 Å². The Morgan fingerprint density at radius 1 is 1.00 bits per heavy atom. The lowest BCUT2D eigenvalue weighted by atomic mass is 9.95. The van der Waals surface area contributed by atoms with Crippen LogP contribution in [-0.2, 0) is 0 Å². The van der Waals surface area contributed by atoms with E-state index in [1.54, 1.807) is 6.92 Å². The third-order valence-corrected chi connectivity index (χ3v) is 4.08. The molecule has 0 aliphatic carbocycles. The summed E-state index contributed by atoms with van der Waals surface area (Å²) in [6.45, 7) is 8.15.